The van der Waals surface area contributed by atoms with Crippen LogP contribution in [0.1, 0.15) is 66.6 Å². The second-order valence-electron chi connectivity index (χ2n) is 11.9. The van der Waals surface area contributed by atoms with E-state index in [1.807, 2.05) is 32.9 Å². The van der Waals surface area contributed by atoms with Gasteiger partial charge in [0.05, 0.1) is 12.1 Å². The Morgan fingerprint density at radius 3 is 2.29 bits per heavy atom. The highest BCUT2D eigenvalue weighted by Gasteiger charge is 2.65. The van der Waals surface area contributed by atoms with E-state index in [-0.39, 0.29) is 5.04 Å². The molecule has 7 heteroatoms. The molecule has 1 saturated heterocycles. The summed E-state index contributed by atoms with van der Waals surface area (Å²) in [6.45, 7) is 23.3. The van der Waals surface area contributed by atoms with Gasteiger partial charge in [-0.1, -0.05) is 41.5 Å². The van der Waals surface area contributed by atoms with Crippen molar-refractivity contribution in [1.29, 1.82) is 0 Å². The third-order valence-corrected chi connectivity index (χ3v) is 11.7. The molecular formula is C24H42N2O4Si. The van der Waals surface area contributed by atoms with Gasteiger partial charge in [-0.25, -0.2) is 4.79 Å². The minimum atomic E-state index is -2.05. The molecule has 0 saturated carbocycles. The minimum absolute atomic E-state index is 0.0558. The first kappa shape index (κ1) is 25.8. The summed E-state index contributed by atoms with van der Waals surface area (Å²) in [5.74, 6) is 0. The Balaban J connectivity index is 2.61. The molecule has 0 radical (unpaired) electrons. The summed E-state index contributed by atoms with van der Waals surface area (Å²) in [6, 6.07) is 4.00. The third kappa shape index (κ3) is 4.83. The fraction of sp³-hybridized carbons (Fsp3) is 0.750. The molecule has 0 spiro atoms. The van der Waals surface area contributed by atoms with Gasteiger partial charge in [0.15, 0.2) is 8.32 Å². The van der Waals surface area contributed by atoms with E-state index in [2.05, 4.69) is 59.6 Å². The Morgan fingerprint density at radius 2 is 1.84 bits per heavy atom. The predicted octanol–water partition coefficient (Wildman–Crippen LogP) is 5.85. The fourth-order valence-electron chi connectivity index (χ4n) is 4.50. The number of nitrogens with zero attached hydrogens (tertiary/aromatic N) is 2. The minimum Gasteiger partial charge on any atom is -0.465 e. The molecule has 0 aromatic carbocycles. The Bertz CT molecular complexity index is 811. The molecule has 0 bridgehead atoms. The molecule has 1 aromatic rings. The lowest BCUT2D eigenvalue weighted by Gasteiger charge is -2.51. The van der Waals surface area contributed by atoms with Gasteiger partial charge in [-0.15, -0.1) is 0 Å². The van der Waals surface area contributed by atoms with Gasteiger partial charge in [0.25, 0.3) is 0 Å². The van der Waals surface area contributed by atoms with E-state index in [0.29, 0.717) is 13.0 Å². The van der Waals surface area contributed by atoms with Crippen molar-refractivity contribution in [3.63, 3.8) is 0 Å². The van der Waals surface area contributed by atoms with Crippen LogP contribution in [0.4, 0.5) is 4.79 Å². The molecule has 6 nitrogen and oxygen atoms in total. The van der Waals surface area contributed by atoms with Gasteiger partial charge < -0.3 is 14.3 Å². The SMILES string of the molecule is Cc1cc(C[C@]2(C(C)(C)C)[C@@H](CO[Si](C)(C)C(C)(C)C)OC(C)(C)N2C(=O)O)ccn1. The summed E-state index contributed by atoms with van der Waals surface area (Å²) in [7, 11) is -2.05. The van der Waals surface area contributed by atoms with Gasteiger partial charge in [0, 0.05) is 11.9 Å². The fourth-order valence-corrected chi connectivity index (χ4v) is 5.50. The van der Waals surface area contributed by atoms with Crippen LogP contribution in [-0.2, 0) is 15.6 Å². The lowest BCUT2D eigenvalue weighted by atomic mass is 9.66. The molecule has 2 rings (SSSR count). The predicted molar refractivity (Wildman–Crippen MR) is 127 cm³/mol. The van der Waals surface area contributed by atoms with Crippen molar-refractivity contribution in [1.82, 2.24) is 9.88 Å². The molecule has 1 aromatic heterocycles. The van der Waals surface area contributed by atoms with Crippen LogP contribution in [0, 0.1) is 12.3 Å². The van der Waals surface area contributed by atoms with Gasteiger partial charge >= 0.3 is 6.09 Å². The highest BCUT2D eigenvalue weighted by atomic mass is 28.4. The van der Waals surface area contributed by atoms with Crippen LogP contribution in [0.15, 0.2) is 18.3 Å². The quantitative estimate of drug-likeness (QED) is 0.569. The Kier molecular flexibility index (Phi) is 6.79. The van der Waals surface area contributed by atoms with E-state index >= 15 is 0 Å². The van der Waals surface area contributed by atoms with Crippen LogP contribution >= 0.6 is 0 Å². The van der Waals surface area contributed by atoms with Gasteiger partial charge in [-0.05, 0) is 68.4 Å². The third-order valence-electron chi connectivity index (χ3n) is 7.23. The van der Waals surface area contributed by atoms with Crippen LogP contribution in [0.25, 0.3) is 0 Å². The molecule has 1 N–H and O–H groups in total. The maximum absolute atomic E-state index is 12.6. The van der Waals surface area contributed by atoms with E-state index < -0.39 is 37.2 Å². The zero-order valence-corrected chi connectivity index (χ0v) is 22.3. The zero-order valence-electron chi connectivity index (χ0n) is 21.3. The molecule has 1 aliphatic heterocycles. The van der Waals surface area contributed by atoms with Crippen LogP contribution < -0.4 is 0 Å². The van der Waals surface area contributed by atoms with Crippen molar-refractivity contribution < 1.29 is 19.1 Å². The largest absolute Gasteiger partial charge is 0.465 e. The van der Waals surface area contributed by atoms with E-state index in [9.17, 15) is 9.90 Å². The van der Waals surface area contributed by atoms with Gasteiger partial charge in [-0.2, -0.15) is 0 Å². The van der Waals surface area contributed by atoms with Crippen LogP contribution in [-0.4, -0.2) is 53.4 Å². The van der Waals surface area contributed by atoms with Crippen molar-refractivity contribution in [2.75, 3.05) is 6.61 Å². The molecule has 31 heavy (non-hydrogen) atoms. The number of ether oxygens (including phenoxy) is 1. The smallest absolute Gasteiger partial charge is 0.410 e. The summed E-state index contributed by atoms with van der Waals surface area (Å²) in [5.41, 5.74) is -0.221. The summed E-state index contributed by atoms with van der Waals surface area (Å²) in [5, 5.41) is 10.4. The molecule has 0 unspecified atom stereocenters. The summed E-state index contributed by atoms with van der Waals surface area (Å²) in [4.78, 5) is 18.5. The molecule has 2 atom stereocenters. The number of carboxylic acid groups (broad SMARTS) is 1. The second-order valence-corrected chi connectivity index (χ2v) is 16.7. The van der Waals surface area contributed by atoms with Gasteiger partial charge in [-0.3, -0.25) is 9.88 Å². The lowest BCUT2D eigenvalue weighted by Crippen LogP contribution is -2.65. The van der Waals surface area contributed by atoms with E-state index in [4.69, 9.17) is 9.16 Å². The number of hydrogen-bond acceptors (Lipinski definition) is 4. The van der Waals surface area contributed by atoms with Crippen molar-refractivity contribution >= 4 is 14.4 Å². The van der Waals surface area contributed by atoms with Gasteiger partial charge in [0.1, 0.15) is 11.8 Å². The molecule has 176 valence electrons. The number of pyridine rings is 1. The number of aromatic nitrogens is 1. The first-order valence-electron chi connectivity index (χ1n) is 11.1. The Hall–Kier alpha value is -1.44. The highest BCUT2D eigenvalue weighted by molar-refractivity contribution is 6.74. The average molecular weight is 451 g/mol. The van der Waals surface area contributed by atoms with E-state index in [1.165, 1.54) is 4.90 Å². The summed E-state index contributed by atoms with van der Waals surface area (Å²) >= 11 is 0. The van der Waals surface area contributed by atoms with Crippen molar-refractivity contribution in [2.24, 2.45) is 5.41 Å². The number of carbonyl (C=O) groups is 1. The number of amides is 1. The standard InChI is InChI=1S/C24H42N2O4Si/c1-17-14-18(12-13-25-17)15-24(21(2,3)4)19(16-29-31(10,11)22(5,6)7)30-23(8,9)26(24)20(27)28/h12-14,19H,15-16H2,1-11H3,(H,27,28)/t19-,24-/m1/s1. The highest BCUT2D eigenvalue weighted by Crippen LogP contribution is 2.52. The molecule has 1 fully saturated rings. The van der Waals surface area contributed by atoms with Crippen molar-refractivity contribution in [3.8, 4) is 0 Å². The van der Waals surface area contributed by atoms with E-state index in [1.54, 1.807) is 6.20 Å². The Morgan fingerprint density at radius 1 is 1.26 bits per heavy atom. The van der Waals surface area contributed by atoms with Crippen LogP contribution in [0.2, 0.25) is 18.1 Å². The van der Waals surface area contributed by atoms with Crippen LogP contribution in [0.3, 0.4) is 0 Å². The van der Waals surface area contributed by atoms with Crippen LogP contribution in [0.5, 0.6) is 0 Å². The second kappa shape index (κ2) is 8.16. The first-order chi connectivity index (χ1) is 13.8. The monoisotopic (exact) mass is 450 g/mol. The normalized spacial score (nSPS) is 24.5. The average Bonchev–Trinajstić information content (AvgIpc) is 2.79. The zero-order chi connectivity index (χ0) is 24.0. The molecule has 0 aliphatic carbocycles. The molecule has 1 amide bonds. The number of aryl methyl sites for hydroxylation is 1. The van der Waals surface area contributed by atoms with Gasteiger partial charge in [0.2, 0.25) is 0 Å². The lowest BCUT2D eigenvalue weighted by molar-refractivity contribution is -0.0758. The van der Waals surface area contributed by atoms with E-state index in [0.717, 1.165) is 11.3 Å². The van der Waals surface area contributed by atoms with Crippen molar-refractivity contribution in [2.45, 2.75) is 104 Å². The molecular weight excluding hydrogens is 408 g/mol. The maximum atomic E-state index is 12.6. The first-order valence-corrected chi connectivity index (χ1v) is 14.0. The topological polar surface area (TPSA) is 71.9 Å². The molecule has 1 aliphatic rings. The Labute approximate surface area is 189 Å². The number of hydrogen-bond donors (Lipinski definition) is 1. The molecule has 2 heterocycles. The summed E-state index contributed by atoms with van der Waals surface area (Å²) in [6.07, 6.45) is 0.941. The van der Waals surface area contributed by atoms with Crippen molar-refractivity contribution in [3.05, 3.63) is 29.6 Å². The number of rotatable bonds is 5. The maximum Gasteiger partial charge on any atom is 0.410 e. The summed E-state index contributed by atoms with van der Waals surface area (Å²) < 4.78 is 13.1.